The number of methoxy groups -OCH3 is 1. The minimum absolute atomic E-state index is 0.0352. The van der Waals surface area contributed by atoms with Crippen LogP contribution in [0.2, 0.25) is 0 Å². The van der Waals surface area contributed by atoms with Gasteiger partial charge >= 0.3 is 6.03 Å². The SMILES string of the molecule is COc1cccc(CN2CCC3(CC2)C(=O)N(CCc2ccccc2)C(=O)N3C)c1. The van der Waals surface area contributed by atoms with Crippen molar-refractivity contribution < 1.29 is 14.3 Å². The Morgan fingerprint density at radius 3 is 2.37 bits per heavy atom. The molecule has 0 atom stereocenters. The van der Waals surface area contributed by atoms with Crippen molar-refractivity contribution in [3.63, 3.8) is 0 Å². The molecule has 2 heterocycles. The fraction of sp³-hybridized carbons (Fsp3) is 0.417. The van der Waals surface area contributed by atoms with Crippen LogP contribution in [0.25, 0.3) is 0 Å². The molecule has 2 aromatic rings. The van der Waals surface area contributed by atoms with Crippen molar-refractivity contribution >= 4 is 11.9 Å². The zero-order valence-electron chi connectivity index (χ0n) is 17.7. The van der Waals surface area contributed by atoms with Crippen LogP contribution in [0.1, 0.15) is 24.0 Å². The first-order valence-electron chi connectivity index (χ1n) is 10.5. The highest BCUT2D eigenvalue weighted by Gasteiger charge is 2.56. The Balaban J connectivity index is 1.39. The molecule has 1 spiro atoms. The van der Waals surface area contributed by atoms with Crippen molar-refractivity contribution in [3.8, 4) is 5.75 Å². The molecule has 0 radical (unpaired) electrons. The number of rotatable bonds is 6. The molecule has 0 N–H and O–H groups in total. The molecular formula is C24H29N3O3. The smallest absolute Gasteiger partial charge is 0.327 e. The first-order valence-corrected chi connectivity index (χ1v) is 10.5. The second-order valence-electron chi connectivity index (χ2n) is 8.19. The lowest BCUT2D eigenvalue weighted by molar-refractivity contribution is -0.135. The van der Waals surface area contributed by atoms with Crippen LogP contribution in [-0.4, -0.2) is 66.0 Å². The zero-order valence-corrected chi connectivity index (χ0v) is 17.7. The predicted molar refractivity (Wildman–Crippen MR) is 115 cm³/mol. The number of hydrogen-bond donors (Lipinski definition) is 0. The fourth-order valence-corrected chi connectivity index (χ4v) is 4.59. The quantitative estimate of drug-likeness (QED) is 0.691. The molecule has 4 rings (SSSR count). The summed E-state index contributed by atoms with van der Waals surface area (Å²) < 4.78 is 5.31. The molecule has 2 saturated heterocycles. The van der Waals surface area contributed by atoms with E-state index in [4.69, 9.17) is 4.74 Å². The molecular weight excluding hydrogens is 378 g/mol. The van der Waals surface area contributed by atoms with Gasteiger partial charge < -0.3 is 9.64 Å². The number of piperidine rings is 1. The summed E-state index contributed by atoms with van der Waals surface area (Å²) in [5.41, 5.74) is 1.63. The van der Waals surface area contributed by atoms with Crippen LogP contribution in [0.3, 0.4) is 0 Å². The number of nitrogens with zero attached hydrogens (tertiary/aromatic N) is 3. The average Bonchev–Trinajstić information content (AvgIpc) is 2.95. The number of imide groups is 1. The highest BCUT2D eigenvalue weighted by atomic mass is 16.5. The Morgan fingerprint density at radius 1 is 0.967 bits per heavy atom. The van der Waals surface area contributed by atoms with E-state index in [9.17, 15) is 9.59 Å². The third-order valence-electron chi connectivity index (χ3n) is 6.49. The summed E-state index contributed by atoms with van der Waals surface area (Å²) in [6.07, 6.45) is 2.02. The first kappa shape index (κ1) is 20.4. The summed E-state index contributed by atoms with van der Waals surface area (Å²) in [6.45, 7) is 2.82. The summed E-state index contributed by atoms with van der Waals surface area (Å²) >= 11 is 0. The number of hydrogen-bond acceptors (Lipinski definition) is 4. The van der Waals surface area contributed by atoms with Crippen LogP contribution in [-0.2, 0) is 17.8 Å². The Labute approximate surface area is 178 Å². The van der Waals surface area contributed by atoms with Gasteiger partial charge in [-0.2, -0.15) is 0 Å². The van der Waals surface area contributed by atoms with E-state index >= 15 is 0 Å². The van der Waals surface area contributed by atoms with E-state index in [1.807, 2.05) is 48.5 Å². The number of likely N-dealkylation sites (N-methyl/N-ethyl adjacent to an activating group) is 1. The van der Waals surface area contributed by atoms with Crippen molar-refractivity contribution in [1.29, 1.82) is 0 Å². The molecule has 6 nitrogen and oxygen atoms in total. The Morgan fingerprint density at radius 2 is 1.67 bits per heavy atom. The maximum absolute atomic E-state index is 13.3. The van der Waals surface area contributed by atoms with Crippen LogP contribution in [0.5, 0.6) is 5.75 Å². The standard InChI is InChI=1S/C24H29N3O3/c1-25-23(29)27(14-11-19-7-4-3-5-8-19)22(28)24(25)12-15-26(16-13-24)18-20-9-6-10-21(17-20)30-2/h3-10,17H,11-16,18H2,1-2H3. The fourth-order valence-electron chi connectivity index (χ4n) is 4.59. The molecule has 0 aromatic heterocycles. The highest BCUT2D eigenvalue weighted by molar-refractivity contribution is 6.07. The van der Waals surface area contributed by atoms with Gasteiger partial charge in [-0.05, 0) is 42.5 Å². The van der Waals surface area contributed by atoms with Crippen LogP contribution < -0.4 is 4.74 Å². The lowest BCUT2D eigenvalue weighted by Gasteiger charge is -2.40. The number of carbonyl (C=O) groups is 2. The van der Waals surface area contributed by atoms with Gasteiger partial charge in [-0.25, -0.2) is 4.79 Å². The molecule has 3 amide bonds. The largest absolute Gasteiger partial charge is 0.497 e. The van der Waals surface area contributed by atoms with Gasteiger partial charge in [0.05, 0.1) is 7.11 Å². The Hall–Kier alpha value is -2.86. The van der Waals surface area contributed by atoms with E-state index in [2.05, 4.69) is 11.0 Å². The molecule has 158 valence electrons. The van der Waals surface area contributed by atoms with E-state index in [1.54, 1.807) is 19.1 Å². The maximum Gasteiger partial charge on any atom is 0.327 e. The summed E-state index contributed by atoms with van der Waals surface area (Å²) in [7, 11) is 3.45. The van der Waals surface area contributed by atoms with Crippen molar-refractivity contribution in [1.82, 2.24) is 14.7 Å². The molecule has 30 heavy (non-hydrogen) atoms. The van der Waals surface area contributed by atoms with Gasteiger partial charge in [0.1, 0.15) is 11.3 Å². The van der Waals surface area contributed by atoms with Crippen molar-refractivity contribution in [2.75, 3.05) is 33.8 Å². The highest BCUT2D eigenvalue weighted by Crippen LogP contribution is 2.36. The van der Waals surface area contributed by atoms with Crippen molar-refractivity contribution in [3.05, 3.63) is 65.7 Å². The second-order valence-corrected chi connectivity index (χ2v) is 8.19. The minimum Gasteiger partial charge on any atom is -0.497 e. The van der Waals surface area contributed by atoms with E-state index in [0.717, 1.165) is 30.9 Å². The molecule has 0 unspecified atom stereocenters. The summed E-state index contributed by atoms with van der Waals surface area (Å²) in [5, 5.41) is 0. The predicted octanol–water partition coefficient (Wildman–Crippen LogP) is 3.17. The van der Waals surface area contributed by atoms with Crippen LogP contribution in [0, 0.1) is 0 Å². The summed E-state index contributed by atoms with van der Waals surface area (Å²) in [6, 6.07) is 17.9. The number of benzene rings is 2. The second kappa shape index (κ2) is 8.48. The van der Waals surface area contributed by atoms with Gasteiger partial charge in [0.2, 0.25) is 0 Å². The number of likely N-dealkylation sites (tertiary alicyclic amines) is 1. The van der Waals surface area contributed by atoms with Crippen LogP contribution in [0.15, 0.2) is 54.6 Å². The molecule has 2 fully saturated rings. The normalized spacial score (nSPS) is 19.0. The molecule has 0 aliphatic carbocycles. The van der Waals surface area contributed by atoms with Gasteiger partial charge in [-0.1, -0.05) is 42.5 Å². The van der Waals surface area contributed by atoms with Gasteiger partial charge in [0.15, 0.2) is 0 Å². The summed E-state index contributed by atoms with van der Waals surface area (Å²) in [5.74, 6) is 0.818. The van der Waals surface area contributed by atoms with E-state index in [0.29, 0.717) is 25.8 Å². The van der Waals surface area contributed by atoms with Crippen molar-refractivity contribution in [2.24, 2.45) is 0 Å². The monoisotopic (exact) mass is 407 g/mol. The van der Waals surface area contributed by atoms with Gasteiger partial charge in [-0.3, -0.25) is 14.6 Å². The summed E-state index contributed by atoms with van der Waals surface area (Å²) in [4.78, 5) is 31.6. The lowest BCUT2D eigenvalue weighted by atomic mass is 9.86. The third-order valence-corrected chi connectivity index (χ3v) is 6.49. The molecule has 2 aliphatic rings. The molecule has 2 aliphatic heterocycles. The average molecular weight is 408 g/mol. The zero-order chi connectivity index (χ0) is 21.1. The molecule has 0 bridgehead atoms. The lowest BCUT2D eigenvalue weighted by Crippen LogP contribution is -2.55. The van der Waals surface area contributed by atoms with E-state index in [-0.39, 0.29) is 11.9 Å². The van der Waals surface area contributed by atoms with Crippen LogP contribution in [0.4, 0.5) is 4.79 Å². The van der Waals surface area contributed by atoms with E-state index in [1.165, 1.54) is 10.5 Å². The Kier molecular flexibility index (Phi) is 5.77. The Bertz CT molecular complexity index is 907. The van der Waals surface area contributed by atoms with E-state index < -0.39 is 5.54 Å². The molecule has 6 heteroatoms. The van der Waals surface area contributed by atoms with Gasteiger partial charge in [-0.15, -0.1) is 0 Å². The number of carbonyl (C=O) groups excluding carboxylic acids is 2. The molecule has 2 aromatic carbocycles. The number of urea groups is 1. The maximum atomic E-state index is 13.3. The topological polar surface area (TPSA) is 53.1 Å². The van der Waals surface area contributed by atoms with Crippen molar-refractivity contribution in [2.45, 2.75) is 31.3 Å². The number of ether oxygens (including phenoxy) is 1. The van der Waals surface area contributed by atoms with Gasteiger partial charge in [0, 0.05) is 33.2 Å². The molecule has 0 saturated carbocycles. The van der Waals surface area contributed by atoms with Gasteiger partial charge in [0.25, 0.3) is 5.91 Å². The number of amides is 3. The first-order chi connectivity index (χ1) is 14.5. The van der Waals surface area contributed by atoms with Crippen LogP contribution >= 0.6 is 0 Å². The minimum atomic E-state index is -0.696. The third kappa shape index (κ3) is 3.79.